The summed E-state index contributed by atoms with van der Waals surface area (Å²) in [7, 11) is 0. The minimum atomic E-state index is 1.07. The maximum atomic E-state index is 2.99. The van der Waals surface area contributed by atoms with Crippen molar-refractivity contribution in [2.24, 2.45) is 0 Å². The van der Waals surface area contributed by atoms with E-state index in [4.69, 9.17) is 0 Å². The molecule has 3 radical (unpaired) electrons. The Balaban J connectivity index is 2.79. The van der Waals surface area contributed by atoms with E-state index in [1.807, 2.05) is 0 Å². The molecule has 31 valence electrons. The summed E-state index contributed by atoms with van der Waals surface area (Å²) >= 11 is 1.33. The first-order valence-corrected chi connectivity index (χ1v) is 3.49. The van der Waals surface area contributed by atoms with E-state index in [1.54, 1.807) is 0 Å². The van der Waals surface area contributed by atoms with Gasteiger partial charge in [-0.15, -0.1) is 0 Å². The van der Waals surface area contributed by atoms with Crippen LogP contribution in [-0.2, 0) is 0 Å². The van der Waals surface area contributed by atoms with Crippen LogP contribution in [-0.4, -0.2) is 22.5 Å². The molecule has 0 aliphatic heterocycles. The summed E-state index contributed by atoms with van der Waals surface area (Å²) in [5.74, 6) is 2.99. The van der Waals surface area contributed by atoms with E-state index in [2.05, 4.69) is 16.8 Å². The molecule has 6 heavy (non-hydrogen) atoms. The van der Waals surface area contributed by atoms with Crippen LogP contribution in [0.1, 0.15) is 19.8 Å². The van der Waals surface area contributed by atoms with E-state index in [0.717, 1.165) is 6.42 Å². The van der Waals surface area contributed by atoms with Gasteiger partial charge in [0.05, 0.1) is 0 Å². The van der Waals surface area contributed by atoms with Crippen LogP contribution in [0.25, 0.3) is 0 Å². The van der Waals surface area contributed by atoms with Gasteiger partial charge in [-0.25, -0.2) is 0 Å². The second kappa shape index (κ2) is 5.36. The molecule has 0 aromatic rings. The summed E-state index contributed by atoms with van der Waals surface area (Å²) in [6.45, 7) is 2.14. The van der Waals surface area contributed by atoms with Crippen molar-refractivity contribution in [2.75, 3.05) is 0 Å². The van der Waals surface area contributed by atoms with Crippen molar-refractivity contribution in [3.8, 4) is 9.86 Å². The quantitative estimate of drug-likeness (QED) is 0.421. The van der Waals surface area contributed by atoms with E-state index in [9.17, 15) is 0 Å². The first-order valence-electron chi connectivity index (χ1n) is 2.06. The Bertz CT molecular complexity index is 65.7. The average molecular weight is 186 g/mol. The molecule has 0 bridgehead atoms. The van der Waals surface area contributed by atoms with Crippen molar-refractivity contribution in [2.45, 2.75) is 19.8 Å². The second-order valence-electron chi connectivity index (χ2n) is 1.05. The zero-order valence-corrected chi connectivity index (χ0v) is 6.77. The SMILES string of the molecule is CCCC#[C][Sn]. The second-order valence-corrected chi connectivity index (χ2v) is 1.77. The van der Waals surface area contributed by atoms with Crippen LogP contribution in [0.15, 0.2) is 0 Å². The number of unbranched alkanes of at least 4 members (excludes halogenated alkanes) is 1. The summed E-state index contributed by atoms with van der Waals surface area (Å²) in [6.07, 6.45) is 2.27. The molecular formula is C5H7Sn. The van der Waals surface area contributed by atoms with Gasteiger partial charge in [-0.2, -0.15) is 0 Å². The standard InChI is InChI=1S/C5H7.Sn/c1-3-5-4-2;/h3,5H2,1H3;. The van der Waals surface area contributed by atoms with Crippen LogP contribution in [0.4, 0.5) is 0 Å². The van der Waals surface area contributed by atoms with Gasteiger partial charge in [-0.1, -0.05) is 0 Å². The predicted molar refractivity (Wildman–Crippen MR) is 28.4 cm³/mol. The van der Waals surface area contributed by atoms with Crippen molar-refractivity contribution in [3.05, 3.63) is 0 Å². The van der Waals surface area contributed by atoms with Gasteiger partial charge in [0, 0.05) is 0 Å². The molecule has 0 aliphatic carbocycles. The third-order valence-electron chi connectivity index (χ3n) is 0.463. The van der Waals surface area contributed by atoms with Crippen molar-refractivity contribution in [1.82, 2.24) is 0 Å². The Kier molecular flexibility index (Phi) is 5.68. The Morgan fingerprint density at radius 2 is 2.33 bits per heavy atom. The Morgan fingerprint density at radius 1 is 1.67 bits per heavy atom. The van der Waals surface area contributed by atoms with Gasteiger partial charge in [-0.05, 0) is 0 Å². The van der Waals surface area contributed by atoms with Crippen molar-refractivity contribution >= 4 is 22.5 Å². The van der Waals surface area contributed by atoms with Crippen LogP contribution in [0.3, 0.4) is 0 Å². The monoisotopic (exact) mass is 187 g/mol. The average Bonchev–Trinajstić information content (AvgIpc) is 1.61. The van der Waals surface area contributed by atoms with Gasteiger partial charge in [0.1, 0.15) is 0 Å². The Morgan fingerprint density at radius 3 is 2.50 bits per heavy atom. The molecule has 0 saturated heterocycles. The topological polar surface area (TPSA) is 0 Å². The summed E-state index contributed by atoms with van der Waals surface area (Å²) < 4.78 is 2.91. The zero-order valence-electron chi connectivity index (χ0n) is 3.91. The van der Waals surface area contributed by atoms with Gasteiger partial charge in [0.25, 0.3) is 0 Å². The molecule has 0 rings (SSSR count). The molecule has 0 saturated carbocycles. The molecule has 0 aromatic heterocycles. The number of hydrogen-bond acceptors (Lipinski definition) is 0. The normalized spacial score (nSPS) is 6.33. The molecule has 0 fully saturated rings. The Labute approximate surface area is 52.4 Å². The molecule has 0 heterocycles. The van der Waals surface area contributed by atoms with Gasteiger partial charge < -0.3 is 0 Å². The van der Waals surface area contributed by atoms with E-state index < -0.39 is 0 Å². The van der Waals surface area contributed by atoms with Crippen molar-refractivity contribution < 1.29 is 0 Å². The van der Waals surface area contributed by atoms with E-state index in [0.29, 0.717) is 0 Å². The van der Waals surface area contributed by atoms with Crippen LogP contribution in [0, 0.1) is 9.86 Å². The van der Waals surface area contributed by atoms with E-state index >= 15 is 0 Å². The molecule has 0 aromatic carbocycles. The summed E-state index contributed by atoms with van der Waals surface area (Å²) in [5.41, 5.74) is 0. The first-order chi connectivity index (χ1) is 2.91. The fraction of sp³-hybridized carbons (Fsp3) is 0.600. The zero-order chi connectivity index (χ0) is 4.83. The molecule has 1 heteroatoms. The third kappa shape index (κ3) is 4.36. The molecule has 0 N–H and O–H groups in total. The van der Waals surface area contributed by atoms with Crippen LogP contribution < -0.4 is 0 Å². The Hall–Kier alpha value is 0.359. The van der Waals surface area contributed by atoms with Crippen LogP contribution in [0.5, 0.6) is 0 Å². The third-order valence-corrected chi connectivity index (χ3v) is 0.968. The molecule has 0 nitrogen and oxygen atoms in total. The van der Waals surface area contributed by atoms with Crippen LogP contribution in [0.2, 0.25) is 0 Å². The molecule has 0 aliphatic rings. The summed E-state index contributed by atoms with van der Waals surface area (Å²) in [4.78, 5) is 0. The molecule has 0 spiro atoms. The fourth-order valence-corrected chi connectivity index (χ4v) is 0.544. The van der Waals surface area contributed by atoms with E-state index in [1.165, 1.54) is 28.9 Å². The molecule has 0 amide bonds. The van der Waals surface area contributed by atoms with E-state index in [-0.39, 0.29) is 0 Å². The van der Waals surface area contributed by atoms with Gasteiger partial charge >= 0.3 is 52.1 Å². The first kappa shape index (κ1) is 6.36. The van der Waals surface area contributed by atoms with Crippen molar-refractivity contribution in [1.29, 1.82) is 0 Å². The minimum absolute atomic E-state index is 1.07. The van der Waals surface area contributed by atoms with Gasteiger partial charge in [0.2, 0.25) is 0 Å². The fourth-order valence-electron chi connectivity index (χ4n) is 0.187. The number of hydrogen-bond donors (Lipinski definition) is 0. The molecular weight excluding hydrogens is 179 g/mol. The molecule has 0 atom stereocenters. The van der Waals surface area contributed by atoms with Crippen LogP contribution >= 0.6 is 0 Å². The summed E-state index contributed by atoms with van der Waals surface area (Å²) in [6, 6.07) is 0. The summed E-state index contributed by atoms with van der Waals surface area (Å²) in [5, 5.41) is 0. The maximum absolute atomic E-state index is 2.99. The number of rotatable bonds is 1. The van der Waals surface area contributed by atoms with Gasteiger partial charge in [0.15, 0.2) is 0 Å². The predicted octanol–water partition coefficient (Wildman–Crippen LogP) is 0.916. The molecule has 0 unspecified atom stereocenters. The van der Waals surface area contributed by atoms with Crippen molar-refractivity contribution in [3.63, 3.8) is 0 Å². The van der Waals surface area contributed by atoms with Gasteiger partial charge in [-0.3, -0.25) is 0 Å².